The molecule has 11 heteroatoms. The van der Waals surface area contributed by atoms with Crippen LogP contribution in [-0.4, -0.2) is 62.9 Å². The molecule has 0 bridgehead atoms. The van der Waals surface area contributed by atoms with E-state index in [1.54, 1.807) is 52.3 Å². The lowest BCUT2D eigenvalue weighted by Gasteiger charge is -2.35. The summed E-state index contributed by atoms with van der Waals surface area (Å²) in [4.78, 5) is 51.6. The number of nitro groups is 1. The van der Waals surface area contributed by atoms with E-state index in [-0.39, 0.29) is 29.7 Å². The van der Waals surface area contributed by atoms with Crippen molar-refractivity contribution in [3.8, 4) is 5.88 Å². The monoisotopic (exact) mass is 513 g/mol. The number of ether oxygens (including phenoxy) is 1. The Bertz CT molecular complexity index is 1580. The molecule has 0 aliphatic carbocycles. The standard InChI is InChI=1S/C27H23N5O6/c33-24-22-6-1-2-7-23(22)25(29-28-24)38-17-18-4-3-5-20(16-18)27(35)31-14-12-30(13-15-31)26(34)19-8-10-21(11-9-19)32(36)37/h1-11,16H,12-15,17H2,(H,28,33). The quantitative estimate of drug-likeness (QED) is 0.309. The molecule has 1 saturated heterocycles. The average Bonchev–Trinajstić information content (AvgIpc) is 2.96. The highest BCUT2D eigenvalue weighted by molar-refractivity contribution is 5.96. The predicted molar refractivity (Wildman–Crippen MR) is 138 cm³/mol. The van der Waals surface area contributed by atoms with Crippen molar-refractivity contribution < 1.29 is 19.2 Å². The van der Waals surface area contributed by atoms with Crippen LogP contribution in [0.15, 0.2) is 77.6 Å². The lowest BCUT2D eigenvalue weighted by atomic mass is 10.1. The molecule has 0 unspecified atom stereocenters. The van der Waals surface area contributed by atoms with Gasteiger partial charge < -0.3 is 14.5 Å². The highest BCUT2D eigenvalue weighted by atomic mass is 16.6. The van der Waals surface area contributed by atoms with E-state index in [1.165, 1.54) is 24.3 Å². The second-order valence-electron chi connectivity index (χ2n) is 8.78. The first kappa shape index (κ1) is 24.6. The number of benzene rings is 3. The average molecular weight is 514 g/mol. The number of non-ortho nitro benzene ring substituents is 1. The van der Waals surface area contributed by atoms with Gasteiger partial charge in [-0.1, -0.05) is 24.3 Å². The maximum absolute atomic E-state index is 13.2. The van der Waals surface area contributed by atoms with Crippen molar-refractivity contribution in [2.24, 2.45) is 0 Å². The van der Waals surface area contributed by atoms with Gasteiger partial charge in [0, 0.05) is 49.4 Å². The number of amides is 2. The largest absolute Gasteiger partial charge is 0.471 e. The van der Waals surface area contributed by atoms with Gasteiger partial charge in [0.2, 0.25) is 5.88 Å². The Labute approximate surface area is 216 Å². The van der Waals surface area contributed by atoms with E-state index in [4.69, 9.17) is 4.74 Å². The number of H-pyrrole nitrogens is 1. The van der Waals surface area contributed by atoms with Gasteiger partial charge in [0.05, 0.1) is 15.7 Å². The molecule has 0 atom stereocenters. The summed E-state index contributed by atoms with van der Waals surface area (Å²) in [5.41, 5.74) is 1.26. The van der Waals surface area contributed by atoms with E-state index >= 15 is 0 Å². The first-order chi connectivity index (χ1) is 18.4. The van der Waals surface area contributed by atoms with Crippen LogP contribution in [0.2, 0.25) is 0 Å². The number of nitrogens with one attached hydrogen (secondary N) is 1. The molecule has 0 spiro atoms. The molecule has 11 nitrogen and oxygen atoms in total. The molecule has 5 rings (SSSR count). The van der Waals surface area contributed by atoms with Crippen LogP contribution in [-0.2, 0) is 6.61 Å². The zero-order valence-electron chi connectivity index (χ0n) is 20.2. The van der Waals surface area contributed by atoms with Crippen LogP contribution >= 0.6 is 0 Å². The summed E-state index contributed by atoms with van der Waals surface area (Å²) in [5.74, 6) is -0.0813. The summed E-state index contributed by atoms with van der Waals surface area (Å²) in [6.45, 7) is 1.60. The Morgan fingerprint density at radius 2 is 1.50 bits per heavy atom. The molecular formula is C27H23N5O6. The minimum atomic E-state index is -0.512. The third-order valence-corrected chi connectivity index (χ3v) is 6.39. The third kappa shape index (κ3) is 5.07. The Kier molecular flexibility index (Phi) is 6.81. The van der Waals surface area contributed by atoms with Gasteiger partial charge in [-0.25, -0.2) is 5.10 Å². The summed E-state index contributed by atoms with van der Waals surface area (Å²) in [6, 6.07) is 19.6. The van der Waals surface area contributed by atoms with Gasteiger partial charge in [0.15, 0.2) is 0 Å². The molecule has 1 aliphatic heterocycles. The summed E-state index contributed by atoms with van der Waals surface area (Å²) < 4.78 is 5.86. The summed E-state index contributed by atoms with van der Waals surface area (Å²) in [7, 11) is 0. The van der Waals surface area contributed by atoms with Crippen LogP contribution in [0.25, 0.3) is 10.8 Å². The topological polar surface area (TPSA) is 139 Å². The number of piperazine rings is 1. The number of rotatable bonds is 6. The lowest BCUT2D eigenvalue weighted by Crippen LogP contribution is -2.50. The number of hydrogen-bond donors (Lipinski definition) is 1. The fraction of sp³-hybridized carbons (Fsp3) is 0.185. The predicted octanol–water partition coefficient (Wildman–Crippen LogP) is 3.01. The molecule has 4 aromatic rings. The maximum Gasteiger partial charge on any atom is 0.272 e. The van der Waals surface area contributed by atoms with Crippen molar-refractivity contribution in [3.63, 3.8) is 0 Å². The number of aromatic amines is 1. The molecule has 1 aliphatic rings. The first-order valence-corrected chi connectivity index (χ1v) is 11.9. The molecule has 2 amide bonds. The number of hydrogen-bond acceptors (Lipinski definition) is 7. The minimum absolute atomic E-state index is 0.0760. The van der Waals surface area contributed by atoms with Crippen LogP contribution in [0.1, 0.15) is 26.3 Å². The smallest absolute Gasteiger partial charge is 0.272 e. The summed E-state index contributed by atoms with van der Waals surface area (Å²) in [5, 5.41) is 18.4. The molecule has 192 valence electrons. The van der Waals surface area contributed by atoms with E-state index in [2.05, 4.69) is 10.2 Å². The number of nitrogens with zero attached hydrogens (tertiary/aromatic N) is 4. The molecule has 0 radical (unpaired) electrons. The van der Waals surface area contributed by atoms with Gasteiger partial charge in [-0.3, -0.25) is 24.5 Å². The maximum atomic E-state index is 13.2. The van der Waals surface area contributed by atoms with Crippen molar-refractivity contribution in [2.75, 3.05) is 26.2 Å². The zero-order valence-corrected chi connectivity index (χ0v) is 20.2. The minimum Gasteiger partial charge on any atom is -0.471 e. The Morgan fingerprint density at radius 1 is 0.868 bits per heavy atom. The molecule has 1 fully saturated rings. The first-order valence-electron chi connectivity index (χ1n) is 11.9. The van der Waals surface area contributed by atoms with Crippen molar-refractivity contribution in [2.45, 2.75) is 6.61 Å². The molecule has 1 N–H and O–H groups in total. The van der Waals surface area contributed by atoms with Crippen molar-refractivity contribution >= 4 is 28.3 Å². The van der Waals surface area contributed by atoms with Crippen LogP contribution in [0, 0.1) is 10.1 Å². The highest BCUT2D eigenvalue weighted by Gasteiger charge is 2.26. The van der Waals surface area contributed by atoms with E-state index in [1.807, 2.05) is 6.07 Å². The van der Waals surface area contributed by atoms with Gasteiger partial charge >= 0.3 is 0 Å². The summed E-state index contributed by atoms with van der Waals surface area (Å²) in [6.07, 6.45) is 0. The zero-order chi connectivity index (χ0) is 26.6. The number of carbonyl (C=O) groups is 2. The van der Waals surface area contributed by atoms with E-state index in [0.29, 0.717) is 54.0 Å². The number of carbonyl (C=O) groups excluding carboxylic acids is 2. The second-order valence-corrected chi connectivity index (χ2v) is 8.78. The molecular weight excluding hydrogens is 490 g/mol. The van der Waals surface area contributed by atoms with E-state index in [0.717, 1.165) is 5.56 Å². The fourth-order valence-corrected chi connectivity index (χ4v) is 4.35. The van der Waals surface area contributed by atoms with Gasteiger partial charge in [-0.05, 0) is 42.0 Å². The molecule has 1 aromatic heterocycles. The third-order valence-electron chi connectivity index (χ3n) is 6.39. The van der Waals surface area contributed by atoms with Crippen LogP contribution in [0.4, 0.5) is 5.69 Å². The van der Waals surface area contributed by atoms with Crippen molar-refractivity contribution in [3.05, 3.63) is 110 Å². The second kappa shape index (κ2) is 10.5. The van der Waals surface area contributed by atoms with Crippen molar-refractivity contribution in [1.82, 2.24) is 20.0 Å². The normalized spacial score (nSPS) is 13.4. The molecule has 38 heavy (non-hydrogen) atoms. The SMILES string of the molecule is O=C(c1ccc([N+](=O)[O-])cc1)N1CCN(C(=O)c2cccc(COc3n[nH]c(=O)c4ccccc34)c2)CC1. The number of aromatic nitrogens is 2. The molecule has 2 heterocycles. The molecule has 3 aromatic carbocycles. The molecule has 0 saturated carbocycles. The van der Waals surface area contributed by atoms with Gasteiger partial charge in [0.25, 0.3) is 23.1 Å². The van der Waals surface area contributed by atoms with E-state index in [9.17, 15) is 24.5 Å². The van der Waals surface area contributed by atoms with Crippen molar-refractivity contribution in [1.29, 1.82) is 0 Å². The van der Waals surface area contributed by atoms with E-state index < -0.39 is 4.92 Å². The number of fused-ring (bicyclic) bond motifs is 1. The van der Waals surface area contributed by atoms with Gasteiger partial charge in [0.1, 0.15) is 6.61 Å². The van der Waals surface area contributed by atoms with Crippen LogP contribution in [0.3, 0.4) is 0 Å². The Hall–Kier alpha value is -5.06. The van der Waals surface area contributed by atoms with Crippen LogP contribution < -0.4 is 10.3 Å². The van der Waals surface area contributed by atoms with Gasteiger partial charge in [-0.15, -0.1) is 5.10 Å². The fourth-order valence-electron chi connectivity index (χ4n) is 4.35. The Balaban J connectivity index is 1.20. The highest BCUT2D eigenvalue weighted by Crippen LogP contribution is 2.21. The number of nitro benzene ring substituents is 1. The lowest BCUT2D eigenvalue weighted by molar-refractivity contribution is -0.384. The van der Waals surface area contributed by atoms with Crippen LogP contribution in [0.5, 0.6) is 5.88 Å². The summed E-state index contributed by atoms with van der Waals surface area (Å²) >= 11 is 0. The Morgan fingerprint density at radius 3 is 2.16 bits per heavy atom. The van der Waals surface area contributed by atoms with Gasteiger partial charge in [-0.2, -0.15) is 0 Å².